The lowest BCUT2D eigenvalue weighted by atomic mass is 9.76. The van der Waals surface area contributed by atoms with Crippen LogP contribution in [0.5, 0.6) is 5.75 Å². The molecule has 0 saturated heterocycles. The summed E-state index contributed by atoms with van der Waals surface area (Å²) in [4.78, 5) is 18.1. The van der Waals surface area contributed by atoms with E-state index in [0.717, 1.165) is 11.3 Å². The van der Waals surface area contributed by atoms with E-state index in [2.05, 4.69) is 10.1 Å². The van der Waals surface area contributed by atoms with Crippen molar-refractivity contribution in [3.05, 3.63) is 64.5 Å². The number of amides is 1. The molecule has 0 spiro atoms. The lowest BCUT2D eigenvalue weighted by Crippen LogP contribution is -2.34. The highest BCUT2D eigenvalue weighted by Crippen LogP contribution is 2.40. The van der Waals surface area contributed by atoms with Crippen molar-refractivity contribution in [2.45, 2.75) is 12.8 Å². The summed E-state index contributed by atoms with van der Waals surface area (Å²) in [7, 11) is 1.60. The van der Waals surface area contributed by atoms with Gasteiger partial charge in [0.15, 0.2) is 0 Å². The highest BCUT2D eigenvalue weighted by molar-refractivity contribution is 7.14. The van der Waals surface area contributed by atoms with Gasteiger partial charge in [-0.15, -0.1) is 11.3 Å². The quantitative estimate of drug-likeness (QED) is 0.484. The molecule has 2 aromatic carbocycles. The molecular formula is C24H18ClN5O2S. The maximum Gasteiger partial charge on any atom is 0.259 e. The van der Waals surface area contributed by atoms with Gasteiger partial charge in [0.1, 0.15) is 11.7 Å². The summed E-state index contributed by atoms with van der Waals surface area (Å²) in [6, 6.07) is 18.4. The Morgan fingerprint density at radius 3 is 2.39 bits per heavy atom. The molecule has 9 heteroatoms. The Bertz CT molecular complexity index is 1270. The van der Waals surface area contributed by atoms with Crippen LogP contribution in [0.1, 0.15) is 18.4 Å². The van der Waals surface area contributed by atoms with Crippen molar-refractivity contribution in [3.63, 3.8) is 0 Å². The summed E-state index contributed by atoms with van der Waals surface area (Å²) in [5, 5.41) is 27.8. The van der Waals surface area contributed by atoms with Gasteiger partial charge in [0.25, 0.3) is 5.91 Å². The molecule has 164 valence electrons. The number of thiazole rings is 1. The second-order valence-corrected chi connectivity index (χ2v) is 8.70. The van der Waals surface area contributed by atoms with Crippen LogP contribution in [0, 0.1) is 34.5 Å². The molecule has 1 aromatic heterocycles. The van der Waals surface area contributed by atoms with Crippen molar-refractivity contribution in [1.29, 1.82) is 10.5 Å². The van der Waals surface area contributed by atoms with Crippen LogP contribution in [0.4, 0.5) is 5.13 Å². The Labute approximate surface area is 200 Å². The number of benzene rings is 2. The molecule has 0 saturated carbocycles. The Kier molecular flexibility index (Phi) is 6.41. The fraction of sp³-hybridized carbons (Fsp3) is 0.208. The number of ether oxygens (including phenoxy) is 1. The number of hydrogen-bond donors (Lipinski definition) is 0. The maximum absolute atomic E-state index is 13.5. The summed E-state index contributed by atoms with van der Waals surface area (Å²) in [6.07, 6.45) is 0. The maximum atomic E-state index is 13.5. The fourth-order valence-electron chi connectivity index (χ4n) is 3.84. The second-order valence-electron chi connectivity index (χ2n) is 7.43. The number of hydrogen-bond acceptors (Lipinski definition) is 7. The van der Waals surface area contributed by atoms with E-state index >= 15 is 0 Å². The second kappa shape index (κ2) is 9.41. The van der Waals surface area contributed by atoms with Crippen molar-refractivity contribution < 1.29 is 9.53 Å². The predicted molar refractivity (Wildman–Crippen MR) is 127 cm³/mol. The zero-order valence-corrected chi connectivity index (χ0v) is 19.3. The average Bonchev–Trinajstić information content (AvgIpc) is 3.43. The van der Waals surface area contributed by atoms with Crippen molar-refractivity contribution in [1.82, 2.24) is 4.98 Å². The molecule has 33 heavy (non-hydrogen) atoms. The molecule has 0 fully saturated rings. The number of rotatable bonds is 6. The van der Waals surface area contributed by atoms with Gasteiger partial charge >= 0.3 is 0 Å². The van der Waals surface area contributed by atoms with Gasteiger partial charge in [-0.2, -0.15) is 20.6 Å². The first-order valence-corrected chi connectivity index (χ1v) is 11.3. The predicted octanol–water partition coefficient (Wildman–Crippen LogP) is 5.26. The molecule has 1 amide bonds. The third kappa shape index (κ3) is 4.31. The van der Waals surface area contributed by atoms with Crippen LogP contribution in [0.3, 0.4) is 0 Å². The summed E-state index contributed by atoms with van der Waals surface area (Å²) < 4.78 is 5.19. The molecule has 3 aromatic rings. The Balaban J connectivity index is 1.66. The van der Waals surface area contributed by atoms with Crippen LogP contribution < -0.4 is 9.75 Å². The Hall–Kier alpha value is -3.72. The first-order valence-electron chi connectivity index (χ1n) is 10.0. The molecule has 0 N–H and O–H groups in total. The molecule has 4 rings (SSSR count). The van der Waals surface area contributed by atoms with Gasteiger partial charge in [-0.05, 0) is 48.9 Å². The topological polar surface area (TPSA) is 102 Å². The van der Waals surface area contributed by atoms with Crippen LogP contribution in [-0.2, 0) is 4.79 Å². The highest BCUT2D eigenvalue weighted by Gasteiger charge is 2.45. The van der Waals surface area contributed by atoms with Gasteiger partial charge in [0.05, 0.1) is 30.9 Å². The zero-order chi connectivity index (χ0) is 23.5. The number of aromatic nitrogens is 1. The van der Waals surface area contributed by atoms with Gasteiger partial charge < -0.3 is 4.74 Å². The standard InChI is InChI=1S/C24H18ClN5O2S/c1-14-21(22(17(11-26)12-27)16-3-7-18(25)8-4-16)23(31)30(29-14)24-28-20(13-33-24)15-5-9-19(32-2)10-6-15/h3-10,13,17,21-22H,1-2H3/t21-,22-/m0/s1. The molecule has 0 bridgehead atoms. The minimum absolute atomic E-state index is 0.321. The normalized spacial score (nSPS) is 16.3. The highest BCUT2D eigenvalue weighted by atomic mass is 35.5. The number of halogens is 1. The van der Waals surface area contributed by atoms with Crippen LogP contribution in [-0.4, -0.2) is 23.7 Å². The van der Waals surface area contributed by atoms with E-state index in [1.165, 1.54) is 16.3 Å². The Morgan fingerprint density at radius 2 is 1.79 bits per heavy atom. The third-order valence-corrected chi connectivity index (χ3v) is 6.56. The molecule has 0 radical (unpaired) electrons. The number of hydrazone groups is 1. The molecular weight excluding hydrogens is 458 g/mol. The molecule has 0 aliphatic carbocycles. The first-order chi connectivity index (χ1) is 16.0. The van der Waals surface area contributed by atoms with Gasteiger partial charge in [0.2, 0.25) is 5.13 Å². The zero-order valence-electron chi connectivity index (χ0n) is 17.8. The monoisotopic (exact) mass is 475 g/mol. The van der Waals surface area contributed by atoms with Gasteiger partial charge in [-0.3, -0.25) is 4.79 Å². The number of carbonyl (C=O) groups is 1. The van der Waals surface area contributed by atoms with E-state index in [0.29, 0.717) is 27.1 Å². The Morgan fingerprint density at radius 1 is 1.12 bits per heavy atom. The van der Waals surface area contributed by atoms with E-state index in [1.54, 1.807) is 38.3 Å². The minimum Gasteiger partial charge on any atom is -0.497 e. The van der Waals surface area contributed by atoms with Crippen molar-refractivity contribution in [2.24, 2.45) is 16.9 Å². The molecule has 0 unspecified atom stereocenters. The lowest BCUT2D eigenvalue weighted by Gasteiger charge is -2.24. The van der Waals surface area contributed by atoms with E-state index in [1.807, 2.05) is 41.8 Å². The number of nitriles is 2. The lowest BCUT2D eigenvalue weighted by molar-refractivity contribution is -0.120. The molecule has 1 aliphatic heterocycles. The van der Waals surface area contributed by atoms with Crippen LogP contribution in [0.2, 0.25) is 5.02 Å². The summed E-state index contributed by atoms with van der Waals surface area (Å²) >= 11 is 7.31. The third-order valence-electron chi connectivity index (χ3n) is 5.49. The minimum atomic E-state index is -1.03. The summed E-state index contributed by atoms with van der Waals surface area (Å²) in [5.41, 5.74) is 2.80. The largest absolute Gasteiger partial charge is 0.497 e. The summed E-state index contributed by atoms with van der Waals surface area (Å²) in [5.74, 6) is -2.05. The average molecular weight is 476 g/mol. The van der Waals surface area contributed by atoms with Crippen LogP contribution >= 0.6 is 22.9 Å². The van der Waals surface area contributed by atoms with Crippen molar-refractivity contribution >= 4 is 39.7 Å². The van der Waals surface area contributed by atoms with Gasteiger partial charge in [-0.1, -0.05) is 23.7 Å². The van der Waals surface area contributed by atoms with Crippen LogP contribution in [0.15, 0.2) is 59.0 Å². The molecule has 1 aliphatic rings. The smallest absolute Gasteiger partial charge is 0.259 e. The van der Waals surface area contributed by atoms with Crippen LogP contribution in [0.25, 0.3) is 11.3 Å². The number of methoxy groups -OCH3 is 1. The van der Waals surface area contributed by atoms with E-state index in [-0.39, 0.29) is 5.91 Å². The SMILES string of the molecule is COc1ccc(-c2csc(N3N=C(C)[C@@H]([C@@H](c4ccc(Cl)cc4)C(C#N)C#N)C3=O)n2)cc1. The number of nitrogens with zero attached hydrogens (tertiary/aromatic N) is 5. The van der Waals surface area contributed by atoms with Crippen molar-refractivity contribution in [2.75, 3.05) is 12.1 Å². The van der Waals surface area contributed by atoms with Crippen molar-refractivity contribution in [3.8, 4) is 29.1 Å². The van der Waals surface area contributed by atoms with E-state index in [4.69, 9.17) is 16.3 Å². The summed E-state index contributed by atoms with van der Waals surface area (Å²) in [6.45, 7) is 1.73. The number of anilines is 1. The molecule has 2 heterocycles. The fourth-order valence-corrected chi connectivity index (χ4v) is 4.75. The van der Waals surface area contributed by atoms with Gasteiger partial charge in [-0.25, -0.2) is 4.98 Å². The molecule has 2 atom stereocenters. The van der Waals surface area contributed by atoms with Gasteiger partial charge in [0, 0.05) is 27.6 Å². The molecule has 7 nitrogen and oxygen atoms in total. The number of carbonyl (C=O) groups excluding carboxylic acids is 1. The van der Waals surface area contributed by atoms with E-state index < -0.39 is 17.8 Å². The first kappa shape index (κ1) is 22.5. The van der Waals surface area contributed by atoms with E-state index in [9.17, 15) is 15.3 Å².